The number of hydrogen-bond acceptors (Lipinski definition) is 4. The van der Waals surface area contributed by atoms with Crippen LogP contribution in [0.25, 0.3) is 23.3 Å². The molecule has 0 saturated carbocycles. The third-order valence-corrected chi connectivity index (χ3v) is 4.47. The number of aromatic nitrogens is 4. The van der Waals surface area contributed by atoms with E-state index in [2.05, 4.69) is 4.98 Å². The SMILES string of the molecule is CCn1c(=O)c2c(nc(C=Cc3cccc(C(=O)O)c3)n2C)n(CC)c1=O. The summed E-state index contributed by atoms with van der Waals surface area (Å²) < 4.78 is 4.31. The first-order valence-corrected chi connectivity index (χ1v) is 8.60. The quantitative estimate of drug-likeness (QED) is 0.740. The normalized spacial score (nSPS) is 11.5. The van der Waals surface area contributed by atoms with Crippen LogP contribution in [0, 0.1) is 0 Å². The molecule has 0 saturated heterocycles. The fraction of sp³-hybridized carbons (Fsp3) is 0.263. The number of imidazole rings is 1. The predicted octanol–water partition coefficient (Wildman–Crippen LogP) is 1.81. The Morgan fingerprint density at radius 3 is 2.48 bits per heavy atom. The summed E-state index contributed by atoms with van der Waals surface area (Å²) in [5, 5.41) is 9.09. The Balaban J connectivity index is 2.17. The third-order valence-electron chi connectivity index (χ3n) is 4.47. The molecular formula is C19H20N4O4. The van der Waals surface area contributed by atoms with Crippen molar-refractivity contribution in [3.63, 3.8) is 0 Å². The van der Waals surface area contributed by atoms with Gasteiger partial charge in [0.05, 0.1) is 5.56 Å². The molecule has 0 spiro atoms. The van der Waals surface area contributed by atoms with E-state index < -0.39 is 5.97 Å². The zero-order valence-corrected chi connectivity index (χ0v) is 15.3. The minimum atomic E-state index is -1.000. The van der Waals surface area contributed by atoms with E-state index in [4.69, 9.17) is 5.11 Å². The summed E-state index contributed by atoms with van der Waals surface area (Å²) in [7, 11) is 1.72. The van der Waals surface area contributed by atoms with E-state index in [1.165, 1.54) is 15.2 Å². The lowest BCUT2D eigenvalue weighted by molar-refractivity contribution is 0.0697. The molecular weight excluding hydrogens is 348 g/mol. The smallest absolute Gasteiger partial charge is 0.335 e. The van der Waals surface area contributed by atoms with Crippen molar-refractivity contribution in [3.8, 4) is 0 Å². The Morgan fingerprint density at radius 1 is 1.15 bits per heavy atom. The molecule has 3 aromatic rings. The molecule has 2 aromatic heterocycles. The second kappa shape index (κ2) is 7.06. The van der Waals surface area contributed by atoms with Crippen molar-refractivity contribution in [2.24, 2.45) is 7.05 Å². The van der Waals surface area contributed by atoms with Crippen LogP contribution in [0.1, 0.15) is 35.6 Å². The van der Waals surface area contributed by atoms with E-state index in [-0.39, 0.29) is 23.4 Å². The highest BCUT2D eigenvalue weighted by atomic mass is 16.4. The molecule has 8 heteroatoms. The molecule has 8 nitrogen and oxygen atoms in total. The molecule has 0 atom stereocenters. The Bertz CT molecular complexity index is 1180. The highest BCUT2D eigenvalue weighted by Gasteiger charge is 2.17. The monoisotopic (exact) mass is 368 g/mol. The molecule has 1 aromatic carbocycles. The van der Waals surface area contributed by atoms with Crippen LogP contribution in [-0.2, 0) is 20.1 Å². The molecule has 0 fully saturated rings. The van der Waals surface area contributed by atoms with Crippen LogP contribution in [0.2, 0.25) is 0 Å². The summed E-state index contributed by atoms with van der Waals surface area (Å²) in [5.74, 6) is -0.502. The zero-order valence-electron chi connectivity index (χ0n) is 15.3. The van der Waals surface area contributed by atoms with Crippen LogP contribution in [0.5, 0.6) is 0 Å². The van der Waals surface area contributed by atoms with Gasteiger partial charge in [0.1, 0.15) is 5.82 Å². The number of rotatable bonds is 5. The molecule has 140 valence electrons. The van der Waals surface area contributed by atoms with Crippen LogP contribution >= 0.6 is 0 Å². The van der Waals surface area contributed by atoms with Gasteiger partial charge in [-0.05, 0) is 37.6 Å². The van der Waals surface area contributed by atoms with Crippen molar-refractivity contribution in [2.45, 2.75) is 26.9 Å². The third kappa shape index (κ3) is 3.10. The lowest BCUT2D eigenvalue weighted by atomic mass is 10.1. The first kappa shape index (κ1) is 18.4. The molecule has 27 heavy (non-hydrogen) atoms. The van der Waals surface area contributed by atoms with Gasteiger partial charge in [0.2, 0.25) is 0 Å². The van der Waals surface area contributed by atoms with Crippen LogP contribution in [0.3, 0.4) is 0 Å². The van der Waals surface area contributed by atoms with E-state index in [0.29, 0.717) is 29.1 Å². The second-order valence-electron chi connectivity index (χ2n) is 6.04. The topological polar surface area (TPSA) is 99.1 Å². The fourth-order valence-corrected chi connectivity index (χ4v) is 3.04. The molecule has 0 aliphatic rings. The maximum absolute atomic E-state index is 12.7. The summed E-state index contributed by atoms with van der Waals surface area (Å²) in [6, 6.07) is 6.50. The minimum Gasteiger partial charge on any atom is -0.478 e. The average molecular weight is 368 g/mol. The number of benzene rings is 1. The highest BCUT2D eigenvalue weighted by Crippen LogP contribution is 2.14. The lowest BCUT2D eigenvalue weighted by Crippen LogP contribution is -2.39. The largest absolute Gasteiger partial charge is 0.478 e. The zero-order chi connectivity index (χ0) is 19.7. The van der Waals surface area contributed by atoms with Gasteiger partial charge in [-0.3, -0.25) is 13.9 Å². The van der Waals surface area contributed by atoms with Gasteiger partial charge in [-0.1, -0.05) is 18.2 Å². The van der Waals surface area contributed by atoms with E-state index in [9.17, 15) is 14.4 Å². The van der Waals surface area contributed by atoms with Gasteiger partial charge in [-0.15, -0.1) is 0 Å². The van der Waals surface area contributed by atoms with Crippen molar-refractivity contribution in [2.75, 3.05) is 0 Å². The van der Waals surface area contributed by atoms with E-state index in [1.807, 2.05) is 6.92 Å². The van der Waals surface area contributed by atoms with Crippen molar-refractivity contribution in [1.82, 2.24) is 18.7 Å². The molecule has 0 bridgehead atoms. The Kier molecular flexibility index (Phi) is 4.81. The maximum Gasteiger partial charge on any atom is 0.335 e. The molecule has 0 unspecified atom stereocenters. The molecule has 1 N–H and O–H groups in total. The molecule has 3 rings (SSSR count). The number of aromatic carboxylic acids is 1. The van der Waals surface area contributed by atoms with Crippen molar-refractivity contribution in [1.29, 1.82) is 0 Å². The van der Waals surface area contributed by atoms with Crippen LogP contribution < -0.4 is 11.2 Å². The number of fused-ring (bicyclic) bond motifs is 1. The molecule has 0 aliphatic carbocycles. The predicted molar refractivity (Wildman–Crippen MR) is 103 cm³/mol. The first-order chi connectivity index (χ1) is 12.9. The number of carboxylic acid groups (broad SMARTS) is 1. The Labute approximate surface area is 154 Å². The molecule has 2 heterocycles. The lowest BCUT2D eigenvalue weighted by Gasteiger charge is -2.08. The van der Waals surface area contributed by atoms with Gasteiger partial charge in [0.15, 0.2) is 11.2 Å². The van der Waals surface area contributed by atoms with Gasteiger partial charge >= 0.3 is 11.7 Å². The number of carbonyl (C=O) groups is 1. The summed E-state index contributed by atoms with van der Waals surface area (Å²) in [6.07, 6.45) is 3.42. The van der Waals surface area contributed by atoms with E-state index in [0.717, 1.165) is 0 Å². The van der Waals surface area contributed by atoms with E-state index in [1.54, 1.807) is 48.9 Å². The number of carboxylic acids is 1. The summed E-state index contributed by atoms with van der Waals surface area (Å²) in [6.45, 7) is 4.26. The number of hydrogen-bond donors (Lipinski definition) is 1. The Morgan fingerprint density at radius 2 is 1.85 bits per heavy atom. The van der Waals surface area contributed by atoms with Crippen LogP contribution in [0.4, 0.5) is 0 Å². The van der Waals surface area contributed by atoms with Crippen molar-refractivity contribution in [3.05, 3.63) is 62.1 Å². The standard InChI is InChI=1S/C19H20N4O4/c1-4-22-16-15(17(24)23(5-2)19(22)27)21(3)14(20-16)10-9-12-7-6-8-13(11-12)18(25)26/h6-11H,4-5H2,1-3H3,(H,25,26). The second-order valence-corrected chi connectivity index (χ2v) is 6.04. The number of nitrogens with zero attached hydrogens (tertiary/aromatic N) is 4. The van der Waals surface area contributed by atoms with Crippen LogP contribution in [0.15, 0.2) is 33.9 Å². The van der Waals surface area contributed by atoms with E-state index >= 15 is 0 Å². The Hall–Kier alpha value is -3.42. The highest BCUT2D eigenvalue weighted by molar-refractivity contribution is 5.88. The first-order valence-electron chi connectivity index (χ1n) is 8.60. The number of aryl methyl sites for hydroxylation is 2. The van der Waals surface area contributed by atoms with Gasteiger partial charge in [0, 0.05) is 20.1 Å². The van der Waals surface area contributed by atoms with Gasteiger partial charge in [0.25, 0.3) is 5.56 Å². The van der Waals surface area contributed by atoms with Gasteiger partial charge < -0.3 is 9.67 Å². The fourth-order valence-electron chi connectivity index (χ4n) is 3.04. The molecule has 0 aliphatic heterocycles. The average Bonchev–Trinajstić information content (AvgIpc) is 2.97. The molecule has 0 radical (unpaired) electrons. The summed E-state index contributed by atoms with van der Waals surface area (Å²) in [4.78, 5) is 40.7. The summed E-state index contributed by atoms with van der Waals surface area (Å²) >= 11 is 0. The van der Waals surface area contributed by atoms with Crippen molar-refractivity contribution >= 4 is 29.3 Å². The van der Waals surface area contributed by atoms with Gasteiger partial charge in [-0.25, -0.2) is 14.6 Å². The molecule has 0 amide bonds. The summed E-state index contributed by atoms with van der Waals surface area (Å²) in [5.41, 5.74) is 0.842. The van der Waals surface area contributed by atoms with Crippen LogP contribution in [-0.4, -0.2) is 29.8 Å². The van der Waals surface area contributed by atoms with Gasteiger partial charge in [-0.2, -0.15) is 0 Å². The van der Waals surface area contributed by atoms with Crippen molar-refractivity contribution < 1.29 is 9.90 Å². The maximum atomic E-state index is 12.7. The minimum absolute atomic E-state index is 0.188.